The Morgan fingerprint density at radius 1 is 1.14 bits per heavy atom. The lowest BCUT2D eigenvalue weighted by atomic mass is 10.1. The van der Waals surface area contributed by atoms with Gasteiger partial charge in [0.15, 0.2) is 0 Å². The number of hydrogen-bond donors (Lipinski definition) is 2. The Kier molecular flexibility index (Phi) is 7.30. The average Bonchev–Trinajstić information content (AvgIpc) is 2.78. The highest BCUT2D eigenvalue weighted by molar-refractivity contribution is 5.84. The molecule has 1 atom stereocenters. The average molecular weight is 394 g/mol. The number of fused-ring (bicyclic) bond motifs is 1. The Morgan fingerprint density at radius 2 is 1.93 bits per heavy atom. The molecule has 1 fully saturated rings. The molecule has 0 aliphatic carbocycles. The first-order chi connectivity index (χ1) is 14.2. The lowest BCUT2D eigenvalue weighted by Gasteiger charge is -2.25. The zero-order valence-corrected chi connectivity index (χ0v) is 17.6. The zero-order valence-electron chi connectivity index (χ0n) is 17.6. The van der Waals surface area contributed by atoms with E-state index in [-0.39, 0.29) is 5.56 Å². The monoisotopic (exact) mass is 393 g/mol. The number of hydrogen-bond acceptors (Lipinski definition) is 4. The Labute approximate surface area is 172 Å². The van der Waals surface area contributed by atoms with Crippen LogP contribution in [0, 0.1) is 0 Å². The van der Waals surface area contributed by atoms with Crippen molar-refractivity contribution in [3.8, 4) is 5.75 Å². The fourth-order valence-electron chi connectivity index (χ4n) is 3.64. The standard InChI is InChI=1S/C22H25N3O2.C2H6/c1-27-20-7-4-16(5-8-20)15-25-12-10-17-13-18(6-9-21(17)22(25)26)24-19-3-2-11-23-14-19;1-2/h4-10,12-13,19,23-24H,2-3,11,14-15H2,1H3;1-2H3. The second-order valence-corrected chi connectivity index (χ2v) is 7.09. The van der Waals surface area contributed by atoms with Gasteiger partial charge in [0.1, 0.15) is 5.75 Å². The molecule has 4 rings (SSSR count). The number of nitrogens with one attached hydrogen (secondary N) is 2. The van der Waals surface area contributed by atoms with Gasteiger partial charge in [0.25, 0.3) is 5.56 Å². The van der Waals surface area contributed by atoms with Gasteiger partial charge >= 0.3 is 0 Å². The van der Waals surface area contributed by atoms with Gasteiger partial charge in [-0.15, -0.1) is 0 Å². The minimum atomic E-state index is 0.0363. The molecule has 0 bridgehead atoms. The van der Waals surface area contributed by atoms with Crippen LogP contribution in [0.5, 0.6) is 5.75 Å². The van der Waals surface area contributed by atoms with E-state index in [1.54, 1.807) is 11.7 Å². The van der Waals surface area contributed by atoms with E-state index in [2.05, 4.69) is 16.7 Å². The number of pyridine rings is 1. The molecule has 0 saturated carbocycles. The van der Waals surface area contributed by atoms with Gasteiger partial charge in [0.05, 0.1) is 13.7 Å². The van der Waals surface area contributed by atoms with Gasteiger partial charge in [-0.2, -0.15) is 0 Å². The summed E-state index contributed by atoms with van der Waals surface area (Å²) in [7, 11) is 1.65. The Bertz CT molecular complexity index is 974. The summed E-state index contributed by atoms with van der Waals surface area (Å²) in [5.41, 5.74) is 2.18. The summed E-state index contributed by atoms with van der Waals surface area (Å²) >= 11 is 0. The Morgan fingerprint density at radius 3 is 2.62 bits per heavy atom. The number of rotatable bonds is 5. The van der Waals surface area contributed by atoms with Crippen molar-refractivity contribution >= 4 is 16.5 Å². The summed E-state index contributed by atoms with van der Waals surface area (Å²) in [6.07, 6.45) is 4.25. The fraction of sp³-hybridized carbons (Fsp3) is 0.375. The topological polar surface area (TPSA) is 55.3 Å². The smallest absolute Gasteiger partial charge is 0.258 e. The Balaban J connectivity index is 0.00000117. The zero-order chi connectivity index (χ0) is 20.6. The van der Waals surface area contributed by atoms with Crippen LogP contribution in [-0.4, -0.2) is 30.8 Å². The lowest BCUT2D eigenvalue weighted by Crippen LogP contribution is -2.38. The van der Waals surface area contributed by atoms with E-state index in [0.29, 0.717) is 12.6 Å². The molecule has 0 spiro atoms. The highest BCUT2D eigenvalue weighted by atomic mass is 16.5. The number of aromatic nitrogens is 1. The number of nitrogens with zero attached hydrogens (tertiary/aromatic N) is 1. The molecule has 3 aromatic rings. The summed E-state index contributed by atoms with van der Waals surface area (Å²) in [5, 5.41) is 8.71. The van der Waals surface area contributed by atoms with Crippen LogP contribution in [0.2, 0.25) is 0 Å². The van der Waals surface area contributed by atoms with Crippen molar-refractivity contribution in [1.29, 1.82) is 0 Å². The molecule has 2 aromatic carbocycles. The van der Waals surface area contributed by atoms with Crippen molar-refractivity contribution in [2.45, 2.75) is 39.3 Å². The van der Waals surface area contributed by atoms with E-state index in [1.165, 1.54) is 12.8 Å². The molecule has 0 amide bonds. The third-order valence-electron chi connectivity index (χ3n) is 5.16. The first kappa shape index (κ1) is 20.9. The molecular weight excluding hydrogens is 362 g/mol. The van der Waals surface area contributed by atoms with Gasteiger partial charge in [0.2, 0.25) is 0 Å². The minimum absolute atomic E-state index is 0.0363. The highest BCUT2D eigenvalue weighted by Gasteiger charge is 2.13. The molecule has 0 radical (unpaired) electrons. The maximum Gasteiger partial charge on any atom is 0.258 e. The number of benzene rings is 2. The van der Waals surface area contributed by atoms with Crippen molar-refractivity contribution in [2.75, 3.05) is 25.5 Å². The maximum atomic E-state index is 12.9. The van der Waals surface area contributed by atoms with E-state index in [4.69, 9.17) is 4.74 Å². The van der Waals surface area contributed by atoms with Crippen molar-refractivity contribution in [1.82, 2.24) is 9.88 Å². The van der Waals surface area contributed by atoms with Crippen LogP contribution >= 0.6 is 0 Å². The van der Waals surface area contributed by atoms with Crippen molar-refractivity contribution in [3.63, 3.8) is 0 Å². The van der Waals surface area contributed by atoms with Crippen LogP contribution < -0.4 is 20.9 Å². The van der Waals surface area contributed by atoms with Gasteiger partial charge in [-0.1, -0.05) is 26.0 Å². The SMILES string of the molecule is CC.COc1ccc(Cn2ccc3cc(NC4CCCNC4)ccc3c2=O)cc1. The van der Waals surface area contributed by atoms with Crippen molar-refractivity contribution < 1.29 is 4.74 Å². The van der Waals surface area contributed by atoms with E-state index in [1.807, 2.05) is 62.5 Å². The molecule has 1 aliphatic heterocycles. The van der Waals surface area contributed by atoms with E-state index >= 15 is 0 Å². The summed E-state index contributed by atoms with van der Waals surface area (Å²) in [5.74, 6) is 0.817. The van der Waals surface area contributed by atoms with E-state index < -0.39 is 0 Å². The largest absolute Gasteiger partial charge is 0.497 e. The van der Waals surface area contributed by atoms with Gasteiger partial charge in [-0.3, -0.25) is 4.79 Å². The van der Waals surface area contributed by atoms with Crippen LogP contribution in [-0.2, 0) is 6.54 Å². The van der Waals surface area contributed by atoms with Crippen LogP contribution in [0.3, 0.4) is 0 Å². The summed E-state index contributed by atoms with van der Waals surface area (Å²) < 4.78 is 6.94. The van der Waals surface area contributed by atoms with Gasteiger partial charge in [0, 0.05) is 29.9 Å². The van der Waals surface area contributed by atoms with Crippen molar-refractivity contribution in [3.05, 3.63) is 70.6 Å². The molecular formula is C24H31N3O2. The number of ether oxygens (including phenoxy) is 1. The predicted octanol–water partition coefficient (Wildman–Crippen LogP) is 4.25. The minimum Gasteiger partial charge on any atom is -0.497 e. The lowest BCUT2D eigenvalue weighted by molar-refractivity contribution is 0.414. The molecule has 5 heteroatoms. The molecule has 2 N–H and O–H groups in total. The maximum absolute atomic E-state index is 12.9. The summed E-state index contributed by atoms with van der Waals surface area (Å²) in [6, 6.07) is 16.3. The van der Waals surface area contributed by atoms with Crippen molar-refractivity contribution in [2.24, 2.45) is 0 Å². The van der Waals surface area contributed by atoms with Crippen LogP contribution in [0.1, 0.15) is 32.3 Å². The quantitative estimate of drug-likeness (QED) is 0.680. The third kappa shape index (κ3) is 5.18. The number of methoxy groups -OCH3 is 1. The third-order valence-corrected chi connectivity index (χ3v) is 5.16. The Hall–Kier alpha value is -2.79. The number of piperidine rings is 1. The molecule has 2 heterocycles. The predicted molar refractivity (Wildman–Crippen MR) is 121 cm³/mol. The highest BCUT2D eigenvalue weighted by Crippen LogP contribution is 2.19. The summed E-state index contributed by atoms with van der Waals surface area (Å²) in [6.45, 7) is 6.64. The normalized spacial score (nSPS) is 16.0. The summed E-state index contributed by atoms with van der Waals surface area (Å²) in [4.78, 5) is 12.9. The first-order valence-corrected chi connectivity index (χ1v) is 10.5. The number of anilines is 1. The van der Waals surface area contributed by atoms with E-state index in [0.717, 1.165) is 40.9 Å². The molecule has 1 unspecified atom stereocenters. The van der Waals surface area contributed by atoms with Gasteiger partial charge < -0.3 is 19.9 Å². The van der Waals surface area contributed by atoms with Crippen LogP contribution in [0.25, 0.3) is 10.8 Å². The molecule has 154 valence electrons. The molecule has 1 aromatic heterocycles. The molecule has 29 heavy (non-hydrogen) atoms. The van der Waals surface area contributed by atoms with Gasteiger partial charge in [-0.05, 0) is 66.7 Å². The fourth-order valence-corrected chi connectivity index (χ4v) is 3.64. The first-order valence-electron chi connectivity index (χ1n) is 10.5. The molecule has 5 nitrogen and oxygen atoms in total. The van der Waals surface area contributed by atoms with Gasteiger partial charge in [-0.25, -0.2) is 0 Å². The second-order valence-electron chi connectivity index (χ2n) is 7.09. The molecule has 1 aliphatic rings. The van der Waals surface area contributed by atoms with Crippen LogP contribution in [0.15, 0.2) is 59.5 Å². The van der Waals surface area contributed by atoms with E-state index in [9.17, 15) is 4.79 Å². The van der Waals surface area contributed by atoms with Crippen LogP contribution in [0.4, 0.5) is 5.69 Å². The second kappa shape index (κ2) is 10.1. The molecule has 1 saturated heterocycles.